The minimum absolute atomic E-state index is 0.172. The van der Waals surface area contributed by atoms with E-state index in [2.05, 4.69) is 0 Å². The Hall–Kier alpha value is -2.30. The lowest BCUT2D eigenvalue weighted by Crippen LogP contribution is -2.22. The molecular formula is C18H16O4. The highest BCUT2D eigenvalue weighted by Gasteiger charge is 2.35. The van der Waals surface area contributed by atoms with E-state index in [0.29, 0.717) is 33.4 Å². The van der Waals surface area contributed by atoms with Crippen LogP contribution in [0.2, 0.25) is 0 Å². The second kappa shape index (κ2) is 5.16. The topological polar surface area (TPSA) is 74.6 Å². The number of fused-ring (bicyclic) bond motifs is 3. The van der Waals surface area contributed by atoms with Crippen LogP contribution in [0.4, 0.5) is 0 Å². The molecule has 0 aromatic heterocycles. The van der Waals surface area contributed by atoms with Gasteiger partial charge in [0, 0.05) is 22.3 Å². The van der Waals surface area contributed by atoms with Gasteiger partial charge in [-0.25, -0.2) is 0 Å². The lowest BCUT2D eigenvalue weighted by atomic mass is 9.77. The SMILES string of the molecule is CC(=O)c1cccc2c1[C@@H](O)[C@H](O)c1c(C(C)=O)cccc1-2. The molecule has 0 bridgehead atoms. The van der Waals surface area contributed by atoms with Crippen LogP contribution < -0.4 is 0 Å². The van der Waals surface area contributed by atoms with Gasteiger partial charge < -0.3 is 10.2 Å². The van der Waals surface area contributed by atoms with E-state index >= 15 is 0 Å². The molecule has 0 saturated heterocycles. The molecule has 4 heteroatoms. The number of aliphatic hydroxyl groups excluding tert-OH is 2. The van der Waals surface area contributed by atoms with Crippen LogP contribution in [0.5, 0.6) is 0 Å². The summed E-state index contributed by atoms with van der Waals surface area (Å²) in [5.41, 5.74) is 3.00. The maximum absolute atomic E-state index is 11.8. The molecule has 3 rings (SSSR count). The fraction of sp³-hybridized carbons (Fsp3) is 0.222. The molecular weight excluding hydrogens is 280 g/mol. The average Bonchev–Trinajstić information content (AvgIpc) is 2.50. The lowest BCUT2D eigenvalue weighted by molar-refractivity contribution is 0.0148. The molecule has 0 heterocycles. The summed E-state index contributed by atoms with van der Waals surface area (Å²) in [5, 5.41) is 21.0. The standard InChI is InChI=1S/C18H16O4/c1-9(19)11-5-3-7-13-14-8-4-6-12(10(2)20)16(14)18(22)17(21)15(11)13/h3-8,17-18,21-22H,1-2H3/t17-,18-/m1/s1. The molecule has 0 spiro atoms. The molecule has 0 unspecified atom stereocenters. The highest BCUT2D eigenvalue weighted by atomic mass is 16.3. The molecule has 22 heavy (non-hydrogen) atoms. The lowest BCUT2D eigenvalue weighted by Gasteiger charge is -2.31. The van der Waals surface area contributed by atoms with Crippen LogP contribution in [0.15, 0.2) is 36.4 Å². The Balaban J connectivity index is 2.39. The van der Waals surface area contributed by atoms with Crippen molar-refractivity contribution in [2.45, 2.75) is 26.1 Å². The number of carbonyl (C=O) groups is 2. The van der Waals surface area contributed by atoms with Gasteiger partial charge in [0.1, 0.15) is 12.2 Å². The van der Waals surface area contributed by atoms with Crippen LogP contribution in [-0.2, 0) is 0 Å². The predicted molar refractivity (Wildman–Crippen MR) is 81.8 cm³/mol. The van der Waals surface area contributed by atoms with Gasteiger partial charge in [-0.15, -0.1) is 0 Å². The van der Waals surface area contributed by atoms with Crippen molar-refractivity contribution in [2.75, 3.05) is 0 Å². The summed E-state index contributed by atoms with van der Waals surface area (Å²) in [6, 6.07) is 10.3. The number of rotatable bonds is 2. The van der Waals surface area contributed by atoms with Gasteiger partial charge in [0.25, 0.3) is 0 Å². The van der Waals surface area contributed by atoms with E-state index < -0.39 is 12.2 Å². The van der Waals surface area contributed by atoms with Crippen LogP contribution in [0.25, 0.3) is 11.1 Å². The van der Waals surface area contributed by atoms with Crippen molar-refractivity contribution < 1.29 is 19.8 Å². The van der Waals surface area contributed by atoms with E-state index in [1.807, 2.05) is 0 Å². The Morgan fingerprint density at radius 3 is 1.45 bits per heavy atom. The van der Waals surface area contributed by atoms with Crippen molar-refractivity contribution in [1.82, 2.24) is 0 Å². The number of carbonyl (C=O) groups excluding carboxylic acids is 2. The van der Waals surface area contributed by atoms with E-state index in [1.54, 1.807) is 36.4 Å². The molecule has 0 saturated carbocycles. The third-order valence-corrected chi connectivity index (χ3v) is 4.15. The van der Waals surface area contributed by atoms with Crippen LogP contribution in [0.3, 0.4) is 0 Å². The average molecular weight is 296 g/mol. The zero-order chi connectivity index (χ0) is 16.0. The predicted octanol–water partition coefficient (Wildman–Crippen LogP) is 2.84. The van der Waals surface area contributed by atoms with E-state index in [-0.39, 0.29) is 11.6 Å². The summed E-state index contributed by atoms with van der Waals surface area (Å²) in [6.07, 6.45) is -2.47. The van der Waals surface area contributed by atoms with Crippen molar-refractivity contribution in [3.63, 3.8) is 0 Å². The number of hydrogen-bond acceptors (Lipinski definition) is 4. The summed E-state index contributed by atoms with van der Waals surface area (Å²) < 4.78 is 0. The minimum Gasteiger partial charge on any atom is -0.385 e. The molecule has 0 fully saturated rings. The first-order valence-corrected chi connectivity index (χ1v) is 7.07. The number of aliphatic hydroxyl groups is 2. The van der Waals surface area contributed by atoms with E-state index in [4.69, 9.17) is 0 Å². The van der Waals surface area contributed by atoms with Gasteiger partial charge in [-0.1, -0.05) is 36.4 Å². The quantitative estimate of drug-likeness (QED) is 0.836. The Labute approximate surface area is 128 Å². The second-order valence-corrected chi connectivity index (χ2v) is 5.54. The first-order valence-electron chi connectivity index (χ1n) is 7.07. The minimum atomic E-state index is -1.23. The molecule has 4 nitrogen and oxygen atoms in total. The Kier molecular flexibility index (Phi) is 3.43. The van der Waals surface area contributed by atoms with Crippen molar-refractivity contribution in [3.8, 4) is 11.1 Å². The normalized spacial score (nSPS) is 19.3. The van der Waals surface area contributed by atoms with E-state index in [1.165, 1.54) is 13.8 Å². The summed E-state index contributed by atoms with van der Waals surface area (Å²) in [5.74, 6) is -0.344. The molecule has 2 N–H and O–H groups in total. The highest BCUT2D eigenvalue weighted by molar-refractivity contribution is 6.01. The molecule has 0 amide bonds. The van der Waals surface area contributed by atoms with Gasteiger partial charge in [0.2, 0.25) is 0 Å². The van der Waals surface area contributed by atoms with Crippen LogP contribution >= 0.6 is 0 Å². The van der Waals surface area contributed by atoms with Crippen LogP contribution in [0.1, 0.15) is 57.9 Å². The van der Waals surface area contributed by atoms with Gasteiger partial charge in [-0.05, 0) is 25.0 Å². The van der Waals surface area contributed by atoms with Crippen molar-refractivity contribution >= 4 is 11.6 Å². The van der Waals surface area contributed by atoms with E-state index in [9.17, 15) is 19.8 Å². The molecule has 0 aliphatic heterocycles. The first-order chi connectivity index (χ1) is 10.4. The zero-order valence-electron chi connectivity index (χ0n) is 12.3. The number of benzene rings is 2. The molecule has 1 aliphatic carbocycles. The smallest absolute Gasteiger partial charge is 0.160 e. The molecule has 0 radical (unpaired) electrons. The van der Waals surface area contributed by atoms with Crippen molar-refractivity contribution in [3.05, 3.63) is 58.7 Å². The van der Waals surface area contributed by atoms with Crippen molar-refractivity contribution in [1.29, 1.82) is 0 Å². The molecule has 2 aromatic rings. The number of hydrogen-bond donors (Lipinski definition) is 2. The molecule has 1 aliphatic rings. The fourth-order valence-electron chi connectivity index (χ4n) is 3.17. The number of Topliss-reactive ketones (excluding diaryl/α,β-unsaturated/α-hetero) is 2. The third-order valence-electron chi connectivity index (χ3n) is 4.15. The maximum Gasteiger partial charge on any atom is 0.160 e. The summed E-state index contributed by atoms with van der Waals surface area (Å²) >= 11 is 0. The van der Waals surface area contributed by atoms with Crippen molar-refractivity contribution in [2.24, 2.45) is 0 Å². The third kappa shape index (κ3) is 2.00. The Morgan fingerprint density at radius 2 is 1.14 bits per heavy atom. The van der Waals surface area contributed by atoms with E-state index in [0.717, 1.165) is 0 Å². The molecule has 2 aromatic carbocycles. The number of ketones is 2. The monoisotopic (exact) mass is 296 g/mol. The zero-order valence-corrected chi connectivity index (χ0v) is 12.3. The largest absolute Gasteiger partial charge is 0.385 e. The summed E-state index contributed by atoms with van der Waals surface area (Å²) in [4.78, 5) is 23.6. The van der Waals surface area contributed by atoms with Gasteiger partial charge in [0.15, 0.2) is 11.6 Å². The van der Waals surface area contributed by atoms with Gasteiger partial charge >= 0.3 is 0 Å². The molecule has 2 atom stereocenters. The fourth-order valence-corrected chi connectivity index (χ4v) is 3.17. The van der Waals surface area contributed by atoms with Gasteiger partial charge in [-0.3, -0.25) is 9.59 Å². The first kappa shape index (κ1) is 14.6. The maximum atomic E-state index is 11.8. The van der Waals surface area contributed by atoms with Crippen LogP contribution in [0, 0.1) is 0 Å². The highest BCUT2D eigenvalue weighted by Crippen LogP contribution is 2.47. The van der Waals surface area contributed by atoms with Gasteiger partial charge in [0.05, 0.1) is 0 Å². The second-order valence-electron chi connectivity index (χ2n) is 5.54. The summed E-state index contributed by atoms with van der Waals surface area (Å²) in [6.45, 7) is 2.85. The molecule has 112 valence electrons. The summed E-state index contributed by atoms with van der Waals surface area (Å²) in [7, 11) is 0. The van der Waals surface area contributed by atoms with Crippen LogP contribution in [-0.4, -0.2) is 21.8 Å². The Bertz CT molecular complexity index is 724. The Morgan fingerprint density at radius 1 is 0.773 bits per heavy atom. The van der Waals surface area contributed by atoms with Gasteiger partial charge in [-0.2, -0.15) is 0 Å².